The van der Waals surface area contributed by atoms with Crippen LogP contribution in [0.5, 0.6) is 5.75 Å². The Morgan fingerprint density at radius 1 is 1.35 bits per heavy atom. The van der Waals surface area contributed by atoms with E-state index in [1.54, 1.807) is 24.3 Å². The van der Waals surface area contributed by atoms with Crippen molar-refractivity contribution in [2.24, 2.45) is 5.73 Å². The fourth-order valence-electron chi connectivity index (χ4n) is 1.72. The van der Waals surface area contributed by atoms with Crippen molar-refractivity contribution < 1.29 is 17.9 Å². The minimum absolute atomic E-state index is 0.0364. The number of hydrogen-bond donors (Lipinski definition) is 1. The molecule has 0 radical (unpaired) electrons. The van der Waals surface area contributed by atoms with Crippen LogP contribution in [0.1, 0.15) is 17.5 Å². The lowest BCUT2D eigenvalue weighted by Crippen LogP contribution is -2.10. The Balaban J connectivity index is 2.43. The van der Waals surface area contributed by atoms with Gasteiger partial charge in [-0.2, -0.15) is 13.2 Å². The maximum absolute atomic E-state index is 12.8. The molecule has 0 aliphatic rings. The van der Waals surface area contributed by atoms with Crippen LogP contribution in [0, 0.1) is 0 Å². The summed E-state index contributed by atoms with van der Waals surface area (Å²) in [5.74, 6) is 0.600. The molecule has 1 aromatic carbocycles. The molecule has 20 heavy (non-hydrogen) atoms. The molecule has 0 spiro atoms. The summed E-state index contributed by atoms with van der Waals surface area (Å²) >= 11 is 0.955. The molecule has 7 heteroatoms. The smallest absolute Gasteiger partial charge is 0.434 e. The monoisotopic (exact) mass is 302 g/mol. The largest absolute Gasteiger partial charge is 0.494 e. The normalized spacial score (nSPS) is 11.7. The zero-order valence-corrected chi connectivity index (χ0v) is 11.5. The second kappa shape index (κ2) is 5.80. The maximum atomic E-state index is 12.8. The van der Waals surface area contributed by atoms with Crippen LogP contribution in [0.4, 0.5) is 13.2 Å². The van der Waals surface area contributed by atoms with Gasteiger partial charge in [-0.25, -0.2) is 4.98 Å². The van der Waals surface area contributed by atoms with E-state index in [0.717, 1.165) is 11.3 Å². The third-order valence-corrected chi connectivity index (χ3v) is 3.67. The highest BCUT2D eigenvalue weighted by Gasteiger charge is 2.37. The summed E-state index contributed by atoms with van der Waals surface area (Å²) in [5, 5.41) is 0.291. The number of hydrogen-bond acceptors (Lipinski definition) is 4. The first kappa shape index (κ1) is 14.8. The first-order valence-corrected chi connectivity index (χ1v) is 6.77. The Labute approximate surface area is 118 Å². The highest BCUT2D eigenvalue weighted by molar-refractivity contribution is 7.15. The predicted molar refractivity (Wildman–Crippen MR) is 71.6 cm³/mol. The van der Waals surface area contributed by atoms with Crippen molar-refractivity contribution in [3.63, 3.8) is 0 Å². The summed E-state index contributed by atoms with van der Waals surface area (Å²) in [6.07, 6.45) is -4.49. The highest BCUT2D eigenvalue weighted by atomic mass is 32.1. The van der Waals surface area contributed by atoms with Gasteiger partial charge in [0.05, 0.1) is 11.5 Å². The average molecular weight is 302 g/mol. The van der Waals surface area contributed by atoms with Crippen molar-refractivity contribution in [3.05, 3.63) is 34.8 Å². The van der Waals surface area contributed by atoms with Gasteiger partial charge < -0.3 is 10.5 Å². The van der Waals surface area contributed by atoms with E-state index in [4.69, 9.17) is 10.5 Å². The summed E-state index contributed by atoms with van der Waals surface area (Å²) in [6.45, 7) is 2.14. The third kappa shape index (κ3) is 3.10. The molecule has 0 aliphatic heterocycles. The molecule has 1 heterocycles. The fourth-order valence-corrected chi connectivity index (χ4v) is 2.68. The van der Waals surface area contributed by atoms with Gasteiger partial charge in [0.15, 0.2) is 5.69 Å². The number of thiazole rings is 1. The summed E-state index contributed by atoms with van der Waals surface area (Å²) in [4.78, 5) is 3.72. The number of benzene rings is 1. The van der Waals surface area contributed by atoms with Gasteiger partial charge in [-0.3, -0.25) is 0 Å². The Kier molecular flexibility index (Phi) is 4.29. The average Bonchev–Trinajstić information content (AvgIpc) is 2.83. The number of aromatic nitrogens is 1. The topological polar surface area (TPSA) is 48.1 Å². The van der Waals surface area contributed by atoms with Crippen LogP contribution in [0.2, 0.25) is 0 Å². The molecular weight excluding hydrogens is 289 g/mol. The number of rotatable bonds is 4. The van der Waals surface area contributed by atoms with Gasteiger partial charge in [-0.15, -0.1) is 11.3 Å². The van der Waals surface area contributed by atoms with E-state index in [9.17, 15) is 13.2 Å². The number of nitrogens with two attached hydrogens (primary N) is 1. The lowest BCUT2D eigenvalue weighted by atomic mass is 10.2. The molecule has 2 aromatic rings. The predicted octanol–water partition coefficient (Wildman–Crippen LogP) is 3.69. The Morgan fingerprint density at radius 2 is 2.10 bits per heavy atom. The molecule has 2 N–H and O–H groups in total. The minimum Gasteiger partial charge on any atom is -0.494 e. The van der Waals surface area contributed by atoms with E-state index in [2.05, 4.69) is 4.98 Å². The van der Waals surface area contributed by atoms with Crippen molar-refractivity contribution in [3.8, 4) is 16.3 Å². The second-order valence-electron chi connectivity index (χ2n) is 3.95. The molecule has 108 valence electrons. The molecule has 0 saturated carbocycles. The van der Waals surface area contributed by atoms with Gasteiger partial charge in [-0.1, -0.05) is 12.1 Å². The van der Waals surface area contributed by atoms with Crippen LogP contribution in [-0.2, 0) is 12.7 Å². The van der Waals surface area contributed by atoms with Crippen LogP contribution in [0.25, 0.3) is 10.6 Å². The Bertz CT molecular complexity index is 596. The molecule has 0 bridgehead atoms. The van der Waals surface area contributed by atoms with E-state index in [1.165, 1.54) is 0 Å². The molecule has 0 saturated heterocycles. The molecule has 2 rings (SSSR count). The van der Waals surface area contributed by atoms with Crippen molar-refractivity contribution in [1.82, 2.24) is 4.98 Å². The zero-order chi connectivity index (χ0) is 14.8. The van der Waals surface area contributed by atoms with Gasteiger partial charge in [-0.05, 0) is 19.1 Å². The van der Waals surface area contributed by atoms with Crippen molar-refractivity contribution in [2.75, 3.05) is 6.61 Å². The third-order valence-electron chi connectivity index (χ3n) is 2.54. The molecular formula is C13H13F3N2OS. The van der Waals surface area contributed by atoms with Crippen LogP contribution >= 0.6 is 11.3 Å². The van der Waals surface area contributed by atoms with E-state index in [0.29, 0.717) is 22.9 Å². The van der Waals surface area contributed by atoms with Gasteiger partial charge >= 0.3 is 6.18 Å². The highest BCUT2D eigenvalue weighted by Crippen LogP contribution is 2.38. The molecule has 0 unspecified atom stereocenters. The fraction of sp³-hybridized carbons (Fsp3) is 0.308. The number of alkyl halides is 3. The summed E-state index contributed by atoms with van der Waals surface area (Å²) < 4.78 is 43.8. The van der Waals surface area contributed by atoms with Crippen LogP contribution in [0.3, 0.4) is 0 Å². The maximum Gasteiger partial charge on any atom is 0.434 e. The second-order valence-corrected chi connectivity index (χ2v) is 5.04. The molecule has 0 aliphatic carbocycles. The number of ether oxygens (including phenoxy) is 1. The van der Waals surface area contributed by atoms with Crippen molar-refractivity contribution in [2.45, 2.75) is 19.6 Å². The molecule has 0 amide bonds. The van der Waals surface area contributed by atoms with Gasteiger partial charge in [0.25, 0.3) is 0 Å². The Morgan fingerprint density at radius 3 is 2.65 bits per heavy atom. The quantitative estimate of drug-likeness (QED) is 0.937. The van der Waals surface area contributed by atoms with Gasteiger partial charge in [0.2, 0.25) is 0 Å². The lowest BCUT2D eigenvalue weighted by molar-refractivity contribution is -0.141. The first-order valence-electron chi connectivity index (χ1n) is 5.96. The van der Waals surface area contributed by atoms with Crippen molar-refractivity contribution in [1.29, 1.82) is 0 Å². The summed E-state index contributed by atoms with van der Waals surface area (Å²) in [7, 11) is 0. The number of nitrogens with zero attached hydrogens (tertiary/aromatic N) is 1. The zero-order valence-electron chi connectivity index (χ0n) is 10.7. The standard InChI is InChI=1S/C13H13F3N2OS/c1-2-19-9-5-3-4-8(6-9)12-18-11(13(14,15)16)10(7-17)20-12/h3-6H,2,7,17H2,1H3. The molecule has 0 fully saturated rings. The van der Waals surface area contributed by atoms with Gasteiger partial charge in [0, 0.05) is 12.1 Å². The first-order chi connectivity index (χ1) is 9.45. The molecule has 1 aromatic heterocycles. The summed E-state index contributed by atoms with van der Waals surface area (Å²) in [5.41, 5.74) is 5.05. The van der Waals surface area contributed by atoms with E-state index >= 15 is 0 Å². The van der Waals surface area contributed by atoms with E-state index in [1.807, 2.05) is 6.92 Å². The van der Waals surface area contributed by atoms with E-state index < -0.39 is 11.9 Å². The Hall–Kier alpha value is -1.60. The van der Waals surface area contributed by atoms with Crippen LogP contribution in [-0.4, -0.2) is 11.6 Å². The van der Waals surface area contributed by atoms with Crippen molar-refractivity contribution >= 4 is 11.3 Å². The lowest BCUT2D eigenvalue weighted by Gasteiger charge is -2.04. The SMILES string of the molecule is CCOc1cccc(-c2nc(C(F)(F)F)c(CN)s2)c1. The molecule has 0 atom stereocenters. The summed E-state index contributed by atoms with van der Waals surface area (Å²) in [6, 6.07) is 6.83. The number of halogens is 3. The van der Waals surface area contributed by atoms with E-state index in [-0.39, 0.29) is 11.4 Å². The van der Waals surface area contributed by atoms with Crippen LogP contribution < -0.4 is 10.5 Å². The van der Waals surface area contributed by atoms with Gasteiger partial charge in [0.1, 0.15) is 10.8 Å². The molecule has 3 nitrogen and oxygen atoms in total. The van der Waals surface area contributed by atoms with Crippen LogP contribution in [0.15, 0.2) is 24.3 Å². The minimum atomic E-state index is -4.49.